The molecule has 2 bridgehead atoms. The molecule has 4 aliphatic heterocycles. The van der Waals surface area contributed by atoms with Gasteiger partial charge in [-0.25, -0.2) is 4.58 Å². The number of carbonyl (C=O) groups excluding carboxylic acids is 1. The second-order valence-corrected chi connectivity index (χ2v) is 14.6. The Labute approximate surface area is 301 Å². The summed E-state index contributed by atoms with van der Waals surface area (Å²) in [5, 5.41) is 18.5. The molecule has 0 amide bonds. The molecule has 13 heteroatoms. The average molecular weight is 705 g/mol. The highest BCUT2D eigenvalue weighted by Gasteiger charge is 2.45. The number of hydrogen-bond acceptors (Lipinski definition) is 10. The number of nitrogens with one attached hydrogen (secondary N) is 1. The first kappa shape index (κ1) is 38.0. The Kier molecular flexibility index (Phi) is 13.3. The van der Waals surface area contributed by atoms with Gasteiger partial charge in [-0.15, -0.1) is 0 Å². The number of esters is 1. The zero-order valence-electron chi connectivity index (χ0n) is 30.5. The minimum atomic E-state index is -0.448. The fourth-order valence-corrected chi connectivity index (χ4v) is 7.10. The van der Waals surface area contributed by atoms with Gasteiger partial charge < -0.3 is 35.7 Å². The minimum Gasteiger partial charge on any atom is -0.507 e. The van der Waals surface area contributed by atoms with Crippen LogP contribution in [-0.4, -0.2) is 150 Å². The maximum absolute atomic E-state index is 12.1. The van der Waals surface area contributed by atoms with E-state index in [4.69, 9.17) is 31.1 Å². The molecule has 4 aliphatic rings. The van der Waals surface area contributed by atoms with E-state index < -0.39 is 5.60 Å². The van der Waals surface area contributed by atoms with Crippen molar-refractivity contribution >= 4 is 34.8 Å². The number of piperazine rings is 2. The highest BCUT2D eigenvalue weighted by Crippen LogP contribution is 2.33. The molecule has 0 aromatic heterocycles. The number of carbonyl (C=O) groups is 1. The quantitative estimate of drug-likeness (QED) is 0.0493. The molecule has 6 N–H and O–H groups in total. The van der Waals surface area contributed by atoms with Crippen LogP contribution in [0.25, 0.3) is 5.70 Å². The van der Waals surface area contributed by atoms with Crippen LogP contribution in [0.1, 0.15) is 52.0 Å². The molecule has 13 nitrogen and oxygen atoms in total. The van der Waals surface area contributed by atoms with Gasteiger partial charge in [0.15, 0.2) is 18.9 Å². The monoisotopic (exact) mass is 704 g/mol. The van der Waals surface area contributed by atoms with Gasteiger partial charge in [0.2, 0.25) is 5.71 Å². The van der Waals surface area contributed by atoms with E-state index in [1.54, 1.807) is 24.3 Å². The molecule has 2 unspecified atom stereocenters. The number of benzene rings is 1. The smallest absolute Gasteiger partial charge is 0.320 e. The molecule has 5 rings (SSSR count). The Hall–Kier alpha value is -4.22. The van der Waals surface area contributed by atoms with E-state index in [0.717, 1.165) is 82.9 Å². The Balaban J connectivity index is 0.988. The van der Waals surface area contributed by atoms with Crippen LogP contribution in [0.15, 0.2) is 48.2 Å². The Bertz CT molecular complexity index is 1590. The van der Waals surface area contributed by atoms with Crippen molar-refractivity contribution in [1.29, 1.82) is 5.41 Å². The summed E-state index contributed by atoms with van der Waals surface area (Å²) < 4.78 is 23.8. The van der Waals surface area contributed by atoms with Crippen molar-refractivity contribution in [2.24, 2.45) is 11.5 Å². The first-order valence-electron chi connectivity index (χ1n) is 18.2. The summed E-state index contributed by atoms with van der Waals surface area (Å²) in [6, 6.07) is 7.44. The number of amidine groups is 1. The zero-order chi connectivity index (χ0) is 36.4. The Morgan fingerprint density at radius 3 is 2.37 bits per heavy atom. The molecular formula is C38H56N8O5+2. The van der Waals surface area contributed by atoms with Crippen LogP contribution < -0.4 is 16.1 Å². The number of hydrogen-bond donors (Lipinski definition) is 4. The largest absolute Gasteiger partial charge is 0.507 e. The number of fused-ring (bicyclic) bond motifs is 2. The molecule has 1 aromatic rings. The third kappa shape index (κ3) is 11.1. The van der Waals surface area contributed by atoms with Crippen molar-refractivity contribution in [2.75, 3.05) is 78.8 Å². The van der Waals surface area contributed by atoms with E-state index in [9.17, 15) is 9.90 Å². The van der Waals surface area contributed by atoms with Crippen LogP contribution in [0, 0.1) is 5.41 Å². The molecule has 276 valence electrons. The van der Waals surface area contributed by atoms with E-state index in [-0.39, 0.29) is 29.6 Å². The van der Waals surface area contributed by atoms with Crippen molar-refractivity contribution in [3.63, 3.8) is 0 Å². The van der Waals surface area contributed by atoms with Gasteiger partial charge in [0.25, 0.3) is 0 Å². The summed E-state index contributed by atoms with van der Waals surface area (Å²) in [6.45, 7) is 14.3. The molecule has 51 heavy (non-hydrogen) atoms. The van der Waals surface area contributed by atoms with Crippen molar-refractivity contribution in [2.45, 2.75) is 64.1 Å². The molecule has 0 aliphatic carbocycles. The lowest BCUT2D eigenvalue weighted by Gasteiger charge is -2.35. The molecule has 4 heterocycles. The number of nitrogens with zero attached hydrogens (tertiary/aromatic N) is 5. The molecule has 0 radical (unpaired) electrons. The van der Waals surface area contributed by atoms with Crippen LogP contribution in [0.4, 0.5) is 0 Å². The first-order valence-corrected chi connectivity index (χ1v) is 18.2. The van der Waals surface area contributed by atoms with E-state index in [2.05, 4.69) is 35.9 Å². The zero-order valence-corrected chi connectivity index (χ0v) is 30.5. The molecule has 0 saturated carbocycles. The topological polar surface area (TPSA) is 168 Å². The van der Waals surface area contributed by atoms with Gasteiger partial charge in [0.05, 0.1) is 56.6 Å². The van der Waals surface area contributed by atoms with Crippen LogP contribution in [0.3, 0.4) is 0 Å². The number of phenols is 1. The number of para-hydroxylation sites is 1. The second-order valence-electron chi connectivity index (χ2n) is 14.6. The van der Waals surface area contributed by atoms with Gasteiger partial charge in [0.1, 0.15) is 11.4 Å². The molecule has 0 spiro atoms. The number of aromatic hydroxyl groups is 1. The summed E-state index contributed by atoms with van der Waals surface area (Å²) in [4.78, 5) is 19.1. The minimum absolute atomic E-state index is 0.0435. The lowest BCUT2D eigenvalue weighted by atomic mass is 10.1. The summed E-state index contributed by atoms with van der Waals surface area (Å²) in [6.07, 6.45) is 9.60. The number of ether oxygens (including phenoxy) is 3. The van der Waals surface area contributed by atoms with Crippen LogP contribution in [0.5, 0.6) is 5.75 Å². The van der Waals surface area contributed by atoms with Crippen LogP contribution in [0.2, 0.25) is 0 Å². The van der Waals surface area contributed by atoms with E-state index in [0.29, 0.717) is 49.9 Å². The second kappa shape index (κ2) is 17.8. The van der Waals surface area contributed by atoms with Gasteiger partial charge in [-0.3, -0.25) is 20.0 Å². The van der Waals surface area contributed by atoms with Gasteiger partial charge in [-0.1, -0.05) is 12.1 Å². The number of phenolic OH excluding ortho intramolecular Hbond substituents is 1. The SMILES string of the molecule is CC(C)(C)OC(=O)CN1CCN(CCOCCOCCCC2=[N+]=C=CC(N3C4CCC3C[N+](=C(/C=C(\N)c3ccccc3O)C(=N)N)C4)=C2)CC1. The van der Waals surface area contributed by atoms with E-state index in [1.807, 2.05) is 32.9 Å². The molecule has 3 saturated heterocycles. The summed E-state index contributed by atoms with van der Waals surface area (Å²) >= 11 is 0. The van der Waals surface area contributed by atoms with Gasteiger partial charge in [-0.05, 0) is 56.8 Å². The molecule has 2 atom stereocenters. The van der Waals surface area contributed by atoms with Crippen molar-refractivity contribution in [1.82, 2.24) is 19.4 Å². The molecular weight excluding hydrogens is 648 g/mol. The lowest BCUT2D eigenvalue weighted by molar-refractivity contribution is -0.546. The van der Waals surface area contributed by atoms with Crippen LogP contribution >= 0.6 is 0 Å². The predicted octanol–water partition coefficient (Wildman–Crippen LogP) is 1.33. The fourth-order valence-electron chi connectivity index (χ4n) is 7.10. The standard InChI is InChI=1S/C38H54N8O5/c1-38(2,3)51-36(48)27-44-16-14-43(15-17-44)18-20-50-22-21-49-19-6-7-28-23-29(12-13-42-28)46-30-10-11-31(46)26-45(25-30)34(37(40)41)24-33(39)32-8-4-5-9-35(32)47/h4-5,8-9,12,23-24,30-31H,6-7,10-11,14-22,25-27H2,1-3H3,(H4-,39,40,41,47)/p+2. The fraction of sp³-hybridized carbons (Fsp3) is 0.579. The van der Waals surface area contributed by atoms with Crippen LogP contribution in [-0.2, 0) is 19.0 Å². The predicted molar refractivity (Wildman–Crippen MR) is 200 cm³/mol. The maximum Gasteiger partial charge on any atom is 0.320 e. The Morgan fingerprint density at radius 2 is 1.71 bits per heavy atom. The average Bonchev–Trinajstić information content (AvgIpc) is 3.35. The highest BCUT2D eigenvalue weighted by molar-refractivity contribution is 6.43. The third-order valence-electron chi connectivity index (χ3n) is 9.52. The number of allylic oxidation sites excluding steroid dienone is 2. The van der Waals surface area contributed by atoms with Gasteiger partial charge in [-0.2, -0.15) is 0 Å². The highest BCUT2D eigenvalue weighted by atomic mass is 16.6. The number of nitrogens with two attached hydrogens (primary N) is 2. The Morgan fingerprint density at radius 1 is 1.04 bits per heavy atom. The van der Waals surface area contributed by atoms with Crippen molar-refractivity contribution in [3.8, 4) is 5.75 Å². The summed E-state index contributed by atoms with van der Waals surface area (Å²) in [7, 11) is 0. The lowest BCUT2D eigenvalue weighted by Crippen LogP contribution is -2.52. The van der Waals surface area contributed by atoms with Crippen molar-refractivity contribution < 1.29 is 28.7 Å². The third-order valence-corrected chi connectivity index (χ3v) is 9.52. The first-order chi connectivity index (χ1) is 24.5. The normalized spacial score (nSPS) is 21.1. The maximum atomic E-state index is 12.1. The van der Waals surface area contributed by atoms with Gasteiger partial charge in [0, 0.05) is 62.7 Å². The summed E-state index contributed by atoms with van der Waals surface area (Å²) in [5.41, 5.74) is 15.5. The van der Waals surface area contributed by atoms with Crippen molar-refractivity contribution in [3.05, 3.63) is 53.8 Å². The molecule has 3 fully saturated rings. The van der Waals surface area contributed by atoms with Gasteiger partial charge >= 0.3 is 17.6 Å². The number of rotatable bonds is 16. The van der Waals surface area contributed by atoms with E-state index in [1.165, 1.54) is 0 Å². The molecule has 1 aromatic carbocycles. The van der Waals surface area contributed by atoms with E-state index >= 15 is 0 Å². The summed E-state index contributed by atoms with van der Waals surface area (Å²) in [5.74, 6) is 3.00.